The molecule has 90 valence electrons. The summed E-state index contributed by atoms with van der Waals surface area (Å²) in [5.74, 6) is 0. The summed E-state index contributed by atoms with van der Waals surface area (Å²) in [6.07, 6.45) is 8.13. The fraction of sp³-hybridized carbons (Fsp3) is 0.125. The number of rotatable bonds is 2. The first kappa shape index (κ1) is 10.9. The summed E-state index contributed by atoms with van der Waals surface area (Å²) in [7, 11) is 2.10. The summed E-state index contributed by atoms with van der Waals surface area (Å²) in [6, 6.07) is 6.44. The zero-order valence-electron chi connectivity index (χ0n) is 10.7. The Bertz CT molecular complexity index is 769. The third-order valence-electron chi connectivity index (χ3n) is 3.50. The molecule has 0 spiro atoms. The summed E-state index contributed by atoms with van der Waals surface area (Å²) >= 11 is 0. The number of allylic oxidation sites excluding steroid dienone is 1. The van der Waals surface area contributed by atoms with Crippen molar-refractivity contribution in [2.75, 3.05) is 0 Å². The van der Waals surface area contributed by atoms with Crippen molar-refractivity contribution in [1.29, 1.82) is 0 Å². The molecular weight excluding hydrogens is 220 g/mol. The zero-order chi connectivity index (χ0) is 12.7. The topological polar surface area (TPSA) is 20.7 Å². The van der Waals surface area contributed by atoms with Crippen LogP contribution in [0.1, 0.15) is 18.2 Å². The summed E-state index contributed by atoms with van der Waals surface area (Å²) in [4.78, 5) is 3.26. The molecule has 0 unspecified atom stereocenters. The van der Waals surface area contributed by atoms with Gasteiger partial charge in [0.1, 0.15) is 0 Å². The van der Waals surface area contributed by atoms with Crippen LogP contribution in [0.4, 0.5) is 0 Å². The number of aromatic amines is 1. The van der Waals surface area contributed by atoms with Gasteiger partial charge in [-0.05, 0) is 25.1 Å². The molecule has 0 radical (unpaired) electrons. The number of fused-ring (bicyclic) bond motifs is 3. The maximum absolute atomic E-state index is 3.94. The lowest BCUT2D eigenvalue weighted by atomic mass is 10.1. The molecule has 0 saturated heterocycles. The van der Waals surface area contributed by atoms with Crippen LogP contribution in [0.25, 0.3) is 34.0 Å². The smallest absolute Gasteiger partial charge is 0.0583 e. The van der Waals surface area contributed by atoms with Gasteiger partial charge in [-0.1, -0.05) is 24.8 Å². The van der Waals surface area contributed by atoms with Gasteiger partial charge in [0, 0.05) is 40.8 Å². The van der Waals surface area contributed by atoms with Crippen LogP contribution in [0.2, 0.25) is 0 Å². The Hall–Kier alpha value is -2.22. The van der Waals surface area contributed by atoms with Gasteiger partial charge in [-0.2, -0.15) is 0 Å². The maximum atomic E-state index is 3.94. The molecule has 3 aromatic rings. The van der Waals surface area contributed by atoms with Gasteiger partial charge in [0.2, 0.25) is 0 Å². The van der Waals surface area contributed by atoms with Crippen molar-refractivity contribution in [1.82, 2.24) is 9.55 Å². The Morgan fingerprint density at radius 2 is 2.06 bits per heavy atom. The molecule has 0 bridgehead atoms. The number of nitrogens with one attached hydrogen (secondary N) is 1. The molecule has 0 aliphatic rings. The molecule has 0 aliphatic carbocycles. The van der Waals surface area contributed by atoms with Crippen molar-refractivity contribution in [3.8, 4) is 0 Å². The minimum atomic E-state index is 1.16. The number of aromatic nitrogens is 2. The second kappa shape index (κ2) is 3.91. The van der Waals surface area contributed by atoms with E-state index in [0.717, 1.165) is 5.69 Å². The van der Waals surface area contributed by atoms with Gasteiger partial charge in [-0.15, -0.1) is 0 Å². The van der Waals surface area contributed by atoms with Gasteiger partial charge in [-0.3, -0.25) is 0 Å². The number of H-pyrrole nitrogens is 1. The molecule has 2 heteroatoms. The molecule has 0 amide bonds. The molecule has 2 heterocycles. The van der Waals surface area contributed by atoms with Gasteiger partial charge in [0.25, 0.3) is 0 Å². The third-order valence-corrected chi connectivity index (χ3v) is 3.50. The van der Waals surface area contributed by atoms with Crippen molar-refractivity contribution >= 4 is 34.0 Å². The number of nitrogens with zero attached hydrogens (tertiary/aromatic N) is 1. The summed E-state index contributed by atoms with van der Waals surface area (Å²) < 4.78 is 2.22. The van der Waals surface area contributed by atoms with E-state index in [0.29, 0.717) is 0 Å². The van der Waals surface area contributed by atoms with Crippen molar-refractivity contribution < 1.29 is 0 Å². The SMILES string of the molecule is C=Cc1c(/C=C\C)c2ccc3[nH]ccc3c2n1C. The van der Waals surface area contributed by atoms with Crippen molar-refractivity contribution in [2.45, 2.75) is 6.92 Å². The number of benzene rings is 1. The normalized spacial score (nSPS) is 11.9. The molecule has 0 fully saturated rings. The number of hydrogen-bond acceptors (Lipinski definition) is 0. The van der Waals surface area contributed by atoms with E-state index in [-0.39, 0.29) is 0 Å². The lowest BCUT2D eigenvalue weighted by molar-refractivity contribution is 0.957. The van der Waals surface area contributed by atoms with E-state index in [1.807, 2.05) is 19.2 Å². The molecule has 1 N–H and O–H groups in total. The molecule has 0 atom stereocenters. The Morgan fingerprint density at radius 3 is 2.78 bits per heavy atom. The van der Waals surface area contributed by atoms with Crippen LogP contribution in [0.3, 0.4) is 0 Å². The van der Waals surface area contributed by atoms with E-state index in [1.165, 1.54) is 27.4 Å². The van der Waals surface area contributed by atoms with Crippen LogP contribution >= 0.6 is 0 Å². The highest BCUT2D eigenvalue weighted by atomic mass is 14.9. The van der Waals surface area contributed by atoms with Gasteiger partial charge in [0.15, 0.2) is 0 Å². The van der Waals surface area contributed by atoms with E-state index in [4.69, 9.17) is 0 Å². The van der Waals surface area contributed by atoms with Crippen LogP contribution in [0.5, 0.6) is 0 Å². The second-order valence-electron chi connectivity index (χ2n) is 4.46. The summed E-state index contributed by atoms with van der Waals surface area (Å²) in [6.45, 7) is 5.98. The fourth-order valence-electron chi connectivity index (χ4n) is 2.72. The average Bonchev–Trinajstić information content (AvgIpc) is 2.93. The highest BCUT2D eigenvalue weighted by molar-refractivity contribution is 6.09. The van der Waals surface area contributed by atoms with E-state index in [2.05, 4.69) is 53.5 Å². The highest BCUT2D eigenvalue weighted by Gasteiger charge is 2.13. The highest BCUT2D eigenvalue weighted by Crippen LogP contribution is 2.32. The third kappa shape index (κ3) is 1.29. The molecule has 2 aromatic heterocycles. The van der Waals surface area contributed by atoms with Crippen LogP contribution in [0.15, 0.2) is 37.1 Å². The van der Waals surface area contributed by atoms with Gasteiger partial charge < -0.3 is 9.55 Å². The van der Waals surface area contributed by atoms with E-state index >= 15 is 0 Å². The van der Waals surface area contributed by atoms with Crippen LogP contribution < -0.4 is 0 Å². The molecule has 3 rings (SSSR count). The average molecular weight is 236 g/mol. The van der Waals surface area contributed by atoms with Crippen LogP contribution in [-0.2, 0) is 7.05 Å². The Morgan fingerprint density at radius 1 is 1.22 bits per heavy atom. The van der Waals surface area contributed by atoms with E-state index in [9.17, 15) is 0 Å². The molecular formula is C16H16N2. The quantitative estimate of drug-likeness (QED) is 0.683. The molecule has 2 nitrogen and oxygen atoms in total. The van der Waals surface area contributed by atoms with Crippen LogP contribution in [0, 0.1) is 0 Å². The van der Waals surface area contributed by atoms with Crippen molar-refractivity contribution in [2.24, 2.45) is 7.05 Å². The fourth-order valence-corrected chi connectivity index (χ4v) is 2.72. The van der Waals surface area contributed by atoms with E-state index < -0.39 is 0 Å². The molecule has 0 aliphatic heterocycles. The largest absolute Gasteiger partial charge is 0.361 e. The van der Waals surface area contributed by atoms with Gasteiger partial charge in [0.05, 0.1) is 5.52 Å². The lowest BCUT2D eigenvalue weighted by Crippen LogP contribution is -1.90. The van der Waals surface area contributed by atoms with E-state index in [1.54, 1.807) is 0 Å². The molecule has 0 saturated carbocycles. The molecule has 1 aromatic carbocycles. The first-order chi connectivity index (χ1) is 8.77. The number of hydrogen-bond donors (Lipinski definition) is 1. The second-order valence-corrected chi connectivity index (χ2v) is 4.46. The predicted molar refractivity (Wildman–Crippen MR) is 79.6 cm³/mol. The Balaban J connectivity index is 2.58. The predicted octanol–water partition coefficient (Wildman–Crippen LogP) is 4.34. The number of aryl methyl sites for hydroxylation is 1. The first-order valence-electron chi connectivity index (χ1n) is 6.11. The summed E-state index contributed by atoms with van der Waals surface area (Å²) in [5, 5.41) is 2.53. The lowest BCUT2D eigenvalue weighted by Gasteiger charge is -2.00. The van der Waals surface area contributed by atoms with Crippen LogP contribution in [-0.4, -0.2) is 9.55 Å². The zero-order valence-corrected chi connectivity index (χ0v) is 10.7. The standard InChI is InChI=1S/C16H16N2/c1-4-6-11-12-7-8-14-13(9-10-17-14)16(12)18(3)15(11)5-2/h4-10,17H,2H2,1,3H3/b6-4-. The van der Waals surface area contributed by atoms with Crippen molar-refractivity contribution in [3.63, 3.8) is 0 Å². The Labute approximate surface area is 106 Å². The minimum Gasteiger partial charge on any atom is -0.361 e. The van der Waals surface area contributed by atoms with Gasteiger partial charge in [-0.25, -0.2) is 0 Å². The van der Waals surface area contributed by atoms with Crippen molar-refractivity contribution in [3.05, 3.63) is 48.3 Å². The minimum absolute atomic E-state index is 1.16. The van der Waals surface area contributed by atoms with Gasteiger partial charge >= 0.3 is 0 Å². The molecule has 18 heavy (non-hydrogen) atoms. The first-order valence-corrected chi connectivity index (χ1v) is 6.11. The Kier molecular flexibility index (Phi) is 2.37. The summed E-state index contributed by atoms with van der Waals surface area (Å²) in [5.41, 5.74) is 4.84. The maximum Gasteiger partial charge on any atom is 0.0583 e. The monoisotopic (exact) mass is 236 g/mol.